The topological polar surface area (TPSA) is 66.0 Å². The van der Waals surface area contributed by atoms with Gasteiger partial charge in [-0.1, -0.05) is 19.1 Å². The first kappa shape index (κ1) is 25.5. The van der Waals surface area contributed by atoms with Crippen LogP contribution in [0.4, 0.5) is 0 Å². The minimum atomic E-state index is 0. The van der Waals surface area contributed by atoms with Gasteiger partial charge in [0.25, 0.3) is 0 Å². The van der Waals surface area contributed by atoms with Crippen LogP contribution in [0.1, 0.15) is 41.3 Å². The molecule has 31 heavy (non-hydrogen) atoms. The highest BCUT2D eigenvalue weighted by molar-refractivity contribution is 14.0. The van der Waals surface area contributed by atoms with Gasteiger partial charge in [0, 0.05) is 50.1 Å². The van der Waals surface area contributed by atoms with Crippen LogP contribution in [-0.2, 0) is 24.3 Å². The third kappa shape index (κ3) is 7.38. The molecule has 0 bridgehead atoms. The van der Waals surface area contributed by atoms with Crippen LogP contribution < -0.4 is 15.4 Å². The molecular formula is C23H33IN4O2S. The molecule has 1 aromatic carbocycles. The summed E-state index contributed by atoms with van der Waals surface area (Å²) in [6, 6.07) is 8.37. The lowest BCUT2D eigenvalue weighted by molar-refractivity contribution is -0.131. The molecule has 1 aromatic heterocycles. The van der Waals surface area contributed by atoms with E-state index in [0.717, 1.165) is 37.2 Å². The summed E-state index contributed by atoms with van der Waals surface area (Å²) in [6.45, 7) is 7.58. The second-order valence-electron chi connectivity index (χ2n) is 7.50. The van der Waals surface area contributed by atoms with Gasteiger partial charge in [-0.15, -0.1) is 35.3 Å². The number of carbonyl (C=O) groups excluding carboxylic acids is 1. The Labute approximate surface area is 206 Å². The summed E-state index contributed by atoms with van der Waals surface area (Å²) in [5.74, 6) is 1.78. The van der Waals surface area contributed by atoms with Gasteiger partial charge in [-0.05, 0) is 48.4 Å². The molecule has 2 N–H and O–H groups in total. The third-order valence-corrected chi connectivity index (χ3v) is 6.17. The highest BCUT2D eigenvalue weighted by Crippen LogP contribution is 2.24. The smallest absolute Gasteiger partial charge is 0.224 e. The van der Waals surface area contributed by atoms with Crippen molar-refractivity contribution in [2.24, 2.45) is 4.99 Å². The largest absolute Gasteiger partial charge is 0.493 e. The predicted molar refractivity (Wildman–Crippen MR) is 139 cm³/mol. The van der Waals surface area contributed by atoms with Crippen LogP contribution in [0.3, 0.4) is 0 Å². The minimum Gasteiger partial charge on any atom is -0.493 e. The number of ether oxygens (including phenoxy) is 1. The van der Waals surface area contributed by atoms with Crippen molar-refractivity contribution < 1.29 is 9.53 Å². The number of hydrogen-bond acceptors (Lipinski definition) is 4. The molecule has 0 saturated heterocycles. The third-order valence-electron chi connectivity index (χ3n) is 5.15. The van der Waals surface area contributed by atoms with Gasteiger partial charge in [0.1, 0.15) is 5.75 Å². The summed E-state index contributed by atoms with van der Waals surface area (Å²) in [5, 5.41) is 8.68. The fourth-order valence-electron chi connectivity index (χ4n) is 3.46. The Morgan fingerprint density at radius 2 is 2.13 bits per heavy atom. The van der Waals surface area contributed by atoms with Gasteiger partial charge in [0.15, 0.2) is 5.96 Å². The van der Waals surface area contributed by atoms with Crippen molar-refractivity contribution in [2.75, 3.05) is 26.7 Å². The van der Waals surface area contributed by atoms with Gasteiger partial charge in [-0.3, -0.25) is 9.79 Å². The molecule has 1 aliphatic heterocycles. The fourth-order valence-corrected chi connectivity index (χ4v) is 4.35. The fraction of sp³-hybridized carbons (Fsp3) is 0.478. The van der Waals surface area contributed by atoms with E-state index in [1.165, 1.54) is 16.0 Å². The van der Waals surface area contributed by atoms with Crippen molar-refractivity contribution >= 4 is 47.2 Å². The normalized spacial score (nSPS) is 13.3. The van der Waals surface area contributed by atoms with Crippen molar-refractivity contribution in [1.82, 2.24) is 15.5 Å². The van der Waals surface area contributed by atoms with Gasteiger partial charge in [0.2, 0.25) is 5.91 Å². The zero-order chi connectivity index (χ0) is 21.3. The molecule has 1 aliphatic rings. The molecule has 0 fully saturated rings. The number of fused-ring (bicyclic) bond motifs is 1. The average molecular weight is 557 g/mol. The molecule has 0 unspecified atom stereocenters. The van der Waals surface area contributed by atoms with Crippen LogP contribution in [0, 0.1) is 6.92 Å². The molecule has 1 amide bonds. The Morgan fingerprint density at radius 1 is 1.29 bits per heavy atom. The standard InChI is InChI=1S/C23H32N4O2S.HI/c1-4-12-29-20-14-17(2)5-6-18(20)15-26-23(24-3)25-10-7-22(28)27-11-8-21-19(16-27)9-13-30-21;/h5-6,9,13-14H,4,7-8,10-12,15-16H2,1-3H3,(H2,24,25,26);1H. The molecule has 8 heteroatoms. The van der Waals surface area contributed by atoms with E-state index in [-0.39, 0.29) is 29.9 Å². The molecule has 0 radical (unpaired) electrons. The van der Waals surface area contributed by atoms with Gasteiger partial charge in [-0.2, -0.15) is 0 Å². The Kier molecular flexibility index (Phi) is 10.6. The number of nitrogens with one attached hydrogen (secondary N) is 2. The second-order valence-corrected chi connectivity index (χ2v) is 8.50. The predicted octanol–water partition coefficient (Wildman–Crippen LogP) is 4.10. The molecule has 6 nitrogen and oxygen atoms in total. The van der Waals surface area contributed by atoms with Crippen LogP contribution in [-0.4, -0.2) is 43.5 Å². The number of halogens is 1. The lowest BCUT2D eigenvalue weighted by atomic mass is 10.1. The number of rotatable bonds is 8. The number of carbonyl (C=O) groups is 1. The lowest BCUT2D eigenvalue weighted by Crippen LogP contribution is -2.40. The van der Waals surface area contributed by atoms with Crippen molar-refractivity contribution in [3.63, 3.8) is 0 Å². The first-order valence-corrected chi connectivity index (χ1v) is 11.5. The van der Waals surface area contributed by atoms with Gasteiger partial charge < -0.3 is 20.3 Å². The van der Waals surface area contributed by atoms with E-state index < -0.39 is 0 Å². The van der Waals surface area contributed by atoms with Crippen LogP contribution in [0.5, 0.6) is 5.75 Å². The Hall–Kier alpha value is -1.81. The van der Waals surface area contributed by atoms with Crippen LogP contribution in [0.2, 0.25) is 0 Å². The quantitative estimate of drug-likeness (QED) is 0.292. The zero-order valence-electron chi connectivity index (χ0n) is 18.6. The van der Waals surface area contributed by atoms with E-state index in [9.17, 15) is 4.79 Å². The maximum absolute atomic E-state index is 12.6. The minimum absolute atomic E-state index is 0. The summed E-state index contributed by atoms with van der Waals surface area (Å²) in [7, 11) is 1.74. The molecule has 170 valence electrons. The highest BCUT2D eigenvalue weighted by Gasteiger charge is 2.21. The van der Waals surface area contributed by atoms with Crippen LogP contribution >= 0.6 is 35.3 Å². The molecule has 2 heterocycles. The summed E-state index contributed by atoms with van der Waals surface area (Å²) in [6.07, 6.45) is 2.40. The van der Waals surface area contributed by atoms with Crippen molar-refractivity contribution in [3.8, 4) is 5.75 Å². The first-order chi connectivity index (χ1) is 14.6. The lowest BCUT2D eigenvalue weighted by Gasteiger charge is -2.27. The zero-order valence-corrected chi connectivity index (χ0v) is 21.7. The molecule has 0 aliphatic carbocycles. The number of aliphatic imine (C=N–C) groups is 1. The van der Waals surface area contributed by atoms with Gasteiger partial charge >= 0.3 is 0 Å². The monoisotopic (exact) mass is 556 g/mol. The number of benzene rings is 1. The van der Waals surface area contributed by atoms with Crippen molar-refractivity contribution in [3.05, 3.63) is 51.2 Å². The Balaban J connectivity index is 0.00000341. The first-order valence-electron chi connectivity index (χ1n) is 10.6. The van der Waals surface area contributed by atoms with E-state index in [1.807, 2.05) is 4.90 Å². The molecule has 2 aromatic rings. The maximum Gasteiger partial charge on any atom is 0.224 e. The van der Waals surface area contributed by atoms with Crippen molar-refractivity contribution in [1.29, 1.82) is 0 Å². The molecule has 3 rings (SSSR count). The number of guanidine groups is 1. The number of hydrogen-bond donors (Lipinski definition) is 2. The second kappa shape index (κ2) is 12.9. The average Bonchev–Trinajstić information content (AvgIpc) is 3.23. The highest BCUT2D eigenvalue weighted by atomic mass is 127. The SMILES string of the molecule is CCCOc1cc(C)ccc1CNC(=NC)NCCC(=O)N1CCc2sccc2C1.I. The molecular weight excluding hydrogens is 523 g/mol. The Bertz CT molecular complexity index is 884. The van der Waals surface area contributed by atoms with Crippen molar-refractivity contribution in [2.45, 2.75) is 46.2 Å². The maximum atomic E-state index is 12.6. The van der Waals surface area contributed by atoms with Gasteiger partial charge in [-0.25, -0.2) is 0 Å². The summed E-state index contributed by atoms with van der Waals surface area (Å²) >= 11 is 1.79. The molecule has 0 saturated carbocycles. The van der Waals surface area contributed by atoms with E-state index >= 15 is 0 Å². The van der Waals surface area contributed by atoms with Crippen LogP contribution in [0.25, 0.3) is 0 Å². The van der Waals surface area contributed by atoms with E-state index in [1.54, 1.807) is 18.4 Å². The van der Waals surface area contributed by atoms with E-state index in [2.05, 4.69) is 59.1 Å². The molecule has 0 spiro atoms. The number of aryl methyl sites for hydroxylation is 1. The number of nitrogens with zero attached hydrogens (tertiary/aromatic N) is 2. The van der Waals surface area contributed by atoms with Gasteiger partial charge in [0.05, 0.1) is 6.61 Å². The van der Waals surface area contributed by atoms with Crippen LogP contribution in [0.15, 0.2) is 34.6 Å². The number of thiophene rings is 1. The van der Waals surface area contributed by atoms with E-state index in [4.69, 9.17) is 4.74 Å². The number of amides is 1. The summed E-state index contributed by atoms with van der Waals surface area (Å²) < 4.78 is 5.88. The summed E-state index contributed by atoms with van der Waals surface area (Å²) in [4.78, 5) is 20.2. The van der Waals surface area contributed by atoms with E-state index in [0.29, 0.717) is 32.1 Å². The molecule has 0 atom stereocenters. The summed E-state index contributed by atoms with van der Waals surface area (Å²) in [5.41, 5.74) is 3.57. The Morgan fingerprint density at radius 3 is 2.90 bits per heavy atom.